The average Bonchev–Trinajstić information content (AvgIpc) is 2.83. The fourth-order valence-corrected chi connectivity index (χ4v) is 2.21. The molecule has 1 atom stereocenters. The minimum Gasteiger partial charge on any atom is -0.370 e. The Morgan fingerprint density at radius 2 is 1.89 bits per heavy atom. The first kappa shape index (κ1) is 15.1. The van der Waals surface area contributed by atoms with Crippen LogP contribution in [-0.2, 0) is 15.9 Å². The fraction of sp³-hybridized carbons (Fsp3) is 0.846. The van der Waals surface area contributed by atoms with Gasteiger partial charge in [0.1, 0.15) is 5.60 Å². The first-order chi connectivity index (χ1) is 8.45. The number of rotatable bonds is 7. The highest BCUT2D eigenvalue weighted by Gasteiger charge is 2.36. The average molecular weight is 255 g/mol. The molecule has 0 fully saturated rings. The Morgan fingerprint density at radius 3 is 2.33 bits per heavy atom. The Kier molecular flexibility index (Phi) is 4.87. The second-order valence-corrected chi connectivity index (χ2v) is 5.00. The predicted octanol–water partition coefficient (Wildman–Crippen LogP) is 2.71. The Labute approximate surface area is 109 Å². The molecule has 2 N–H and O–H groups in total. The Bertz CT molecular complexity index is 362. The van der Waals surface area contributed by atoms with Gasteiger partial charge in [0.2, 0.25) is 11.7 Å². The van der Waals surface area contributed by atoms with E-state index in [-0.39, 0.29) is 0 Å². The van der Waals surface area contributed by atoms with Crippen LogP contribution in [-0.4, -0.2) is 17.3 Å². The van der Waals surface area contributed by atoms with Gasteiger partial charge in [-0.25, -0.2) is 0 Å². The number of ether oxygens (including phenoxy) is 1. The van der Waals surface area contributed by atoms with Crippen LogP contribution in [0.1, 0.15) is 65.1 Å². The van der Waals surface area contributed by atoms with Crippen molar-refractivity contribution in [3.63, 3.8) is 0 Å². The Morgan fingerprint density at radius 1 is 1.28 bits per heavy atom. The van der Waals surface area contributed by atoms with Crippen LogP contribution in [0.25, 0.3) is 0 Å². The van der Waals surface area contributed by atoms with Crippen LogP contribution in [0.4, 0.5) is 0 Å². The molecule has 0 saturated heterocycles. The van der Waals surface area contributed by atoms with Crippen molar-refractivity contribution in [1.82, 2.24) is 10.1 Å². The van der Waals surface area contributed by atoms with E-state index in [4.69, 9.17) is 15.0 Å². The fourth-order valence-electron chi connectivity index (χ4n) is 2.21. The standard InChI is InChI=1S/C13H25N3O2/c1-6-9-12(4,14)11-15-10(16-18-11)13(7-2,8-3)17-5/h6-9,14H2,1-5H3. The van der Waals surface area contributed by atoms with Gasteiger partial charge < -0.3 is 15.0 Å². The van der Waals surface area contributed by atoms with Crippen LogP contribution >= 0.6 is 0 Å². The van der Waals surface area contributed by atoms with Crippen LogP contribution < -0.4 is 5.73 Å². The van der Waals surface area contributed by atoms with Crippen LogP contribution in [0.15, 0.2) is 4.52 Å². The maximum absolute atomic E-state index is 6.19. The first-order valence-electron chi connectivity index (χ1n) is 6.64. The maximum Gasteiger partial charge on any atom is 0.246 e. The third-order valence-corrected chi connectivity index (χ3v) is 3.62. The molecule has 0 spiro atoms. The van der Waals surface area contributed by atoms with Gasteiger partial charge in [-0.1, -0.05) is 32.3 Å². The number of aromatic nitrogens is 2. The molecule has 0 amide bonds. The summed E-state index contributed by atoms with van der Waals surface area (Å²) in [5.41, 5.74) is 5.16. The summed E-state index contributed by atoms with van der Waals surface area (Å²) in [6, 6.07) is 0. The summed E-state index contributed by atoms with van der Waals surface area (Å²) in [5, 5.41) is 4.06. The van der Waals surface area contributed by atoms with E-state index >= 15 is 0 Å². The van der Waals surface area contributed by atoms with Crippen molar-refractivity contribution in [2.75, 3.05) is 7.11 Å². The zero-order chi connectivity index (χ0) is 13.8. The predicted molar refractivity (Wildman–Crippen MR) is 70.0 cm³/mol. The topological polar surface area (TPSA) is 74.2 Å². The molecule has 5 heteroatoms. The summed E-state index contributed by atoms with van der Waals surface area (Å²) >= 11 is 0. The number of methoxy groups -OCH3 is 1. The number of nitrogens with zero attached hydrogens (tertiary/aromatic N) is 2. The van der Waals surface area contributed by atoms with Gasteiger partial charge in [0.05, 0.1) is 5.54 Å². The molecule has 104 valence electrons. The minimum atomic E-state index is -0.568. The second kappa shape index (κ2) is 5.80. The highest BCUT2D eigenvalue weighted by molar-refractivity contribution is 5.06. The van der Waals surface area contributed by atoms with Crippen molar-refractivity contribution in [2.45, 2.75) is 64.5 Å². The molecule has 0 aromatic carbocycles. The molecule has 1 aromatic heterocycles. The van der Waals surface area contributed by atoms with Gasteiger partial charge >= 0.3 is 0 Å². The molecule has 0 radical (unpaired) electrons. The second-order valence-electron chi connectivity index (χ2n) is 5.00. The highest BCUT2D eigenvalue weighted by atomic mass is 16.5. The molecule has 0 aliphatic heterocycles. The smallest absolute Gasteiger partial charge is 0.246 e. The van der Waals surface area contributed by atoms with E-state index in [1.165, 1.54) is 0 Å². The zero-order valence-electron chi connectivity index (χ0n) is 12.1. The normalized spacial score (nSPS) is 15.7. The van der Waals surface area contributed by atoms with Crippen molar-refractivity contribution >= 4 is 0 Å². The third kappa shape index (κ3) is 2.72. The number of nitrogens with two attached hydrogens (primary N) is 1. The van der Waals surface area contributed by atoms with Crippen molar-refractivity contribution in [3.05, 3.63) is 11.7 Å². The first-order valence-corrected chi connectivity index (χ1v) is 6.64. The van der Waals surface area contributed by atoms with Crippen LogP contribution in [0.5, 0.6) is 0 Å². The van der Waals surface area contributed by atoms with Crippen LogP contribution in [0, 0.1) is 0 Å². The number of hydrogen-bond donors (Lipinski definition) is 1. The Balaban J connectivity index is 3.05. The monoisotopic (exact) mass is 255 g/mol. The summed E-state index contributed by atoms with van der Waals surface area (Å²) in [5.74, 6) is 1.08. The Hall–Kier alpha value is -0.940. The van der Waals surface area contributed by atoms with Gasteiger partial charge in [0.25, 0.3) is 0 Å². The zero-order valence-corrected chi connectivity index (χ0v) is 12.1. The van der Waals surface area contributed by atoms with Crippen LogP contribution in [0.3, 0.4) is 0 Å². The molecule has 0 aliphatic carbocycles. The molecule has 1 unspecified atom stereocenters. The molecule has 5 nitrogen and oxygen atoms in total. The summed E-state index contributed by atoms with van der Waals surface area (Å²) in [6.07, 6.45) is 3.39. The van der Waals surface area contributed by atoms with Gasteiger partial charge in [0, 0.05) is 7.11 Å². The molecule has 0 aliphatic rings. The molecular weight excluding hydrogens is 230 g/mol. The van der Waals surface area contributed by atoms with E-state index in [1.54, 1.807) is 7.11 Å². The molecule has 0 bridgehead atoms. The third-order valence-electron chi connectivity index (χ3n) is 3.62. The summed E-state index contributed by atoms with van der Waals surface area (Å²) < 4.78 is 10.9. The van der Waals surface area contributed by atoms with Gasteiger partial charge in [0.15, 0.2) is 0 Å². The largest absolute Gasteiger partial charge is 0.370 e. The van der Waals surface area contributed by atoms with E-state index in [0.29, 0.717) is 11.7 Å². The molecule has 0 saturated carbocycles. The van der Waals surface area contributed by atoms with Gasteiger partial charge in [-0.2, -0.15) is 4.98 Å². The molecular formula is C13H25N3O2. The lowest BCUT2D eigenvalue weighted by atomic mass is 9.95. The van der Waals surface area contributed by atoms with E-state index in [1.807, 2.05) is 6.92 Å². The van der Waals surface area contributed by atoms with Crippen molar-refractivity contribution in [2.24, 2.45) is 5.73 Å². The lowest BCUT2D eigenvalue weighted by molar-refractivity contribution is -0.0306. The van der Waals surface area contributed by atoms with Gasteiger partial charge in [-0.05, 0) is 26.2 Å². The van der Waals surface area contributed by atoms with Crippen LogP contribution in [0.2, 0.25) is 0 Å². The van der Waals surface area contributed by atoms with Crippen molar-refractivity contribution in [3.8, 4) is 0 Å². The summed E-state index contributed by atoms with van der Waals surface area (Å²) in [7, 11) is 1.68. The highest BCUT2D eigenvalue weighted by Crippen LogP contribution is 2.31. The van der Waals surface area contributed by atoms with Gasteiger partial charge in [-0.3, -0.25) is 0 Å². The van der Waals surface area contributed by atoms with Crippen molar-refractivity contribution in [1.29, 1.82) is 0 Å². The number of hydrogen-bond acceptors (Lipinski definition) is 5. The van der Waals surface area contributed by atoms with Gasteiger partial charge in [-0.15, -0.1) is 0 Å². The summed E-state index contributed by atoms with van der Waals surface area (Å²) in [6.45, 7) is 8.10. The maximum atomic E-state index is 6.19. The van der Waals surface area contributed by atoms with E-state index in [9.17, 15) is 0 Å². The summed E-state index contributed by atoms with van der Waals surface area (Å²) in [4.78, 5) is 4.46. The lowest BCUT2D eigenvalue weighted by Crippen LogP contribution is -2.34. The molecule has 1 rings (SSSR count). The van der Waals surface area contributed by atoms with E-state index in [0.717, 1.165) is 25.7 Å². The lowest BCUT2D eigenvalue weighted by Gasteiger charge is -2.26. The SMILES string of the molecule is CCCC(C)(N)c1nc(C(CC)(CC)OC)no1. The van der Waals surface area contributed by atoms with Crippen molar-refractivity contribution < 1.29 is 9.26 Å². The molecule has 1 heterocycles. The minimum absolute atomic E-state index is 0.468. The quantitative estimate of drug-likeness (QED) is 0.810. The molecule has 1 aromatic rings. The van der Waals surface area contributed by atoms with E-state index < -0.39 is 11.1 Å². The molecule has 18 heavy (non-hydrogen) atoms. The van der Waals surface area contributed by atoms with E-state index in [2.05, 4.69) is 30.9 Å².